The number of anilines is 1. The SMILES string of the molecule is C=CCn1ncc(NCC2Cc3ccccc32)c(Cl)c1=O. The molecule has 0 radical (unpaired) electrons. The minimum Gasteiger partial charge on any atom is -0.382 e. The van der Waals surface area contributed by atoms with Crippen molar-refractivity contribution >= 4 is 17.3 Å². The fraction of sp³-hybridized carbons (Fsp3) is 0.250. The van der Waals surface area contributed by atoms with E-state index in [0.717, 1.165) is 13.0 Å². The fourth-order valence-corrected chi connectivity index (χ4v) is 2.83. The van der Waals surface area contributed by atoms with Gasteiger partial charge in [-0.05, 0) is 17.5 Å². The van der Waals surface area contributed by atoms with Crippen molar-refractivity contribution in [2.24, 2.45) is 0 Å². The maximum atomic E-state index is 12.0. The third kappa shape index (κ3) is 2.59. The van der Waals surface area contributed by atoms with Gasteiger partial charge >= 0.3 is 0 Å². The van der Waals surface area contributed by atoms with Crippen molar-refractivity contribution in [1.29, 1.82) is 0 Å². The van der Waals surface area contributed by atoms with Crippen LogP contribution < -0.4 is 10.9 Å². The van der Waals surface area contributed by atoms with Crippen molar-refractivity contribution in [3.05, 3.63) is 69.6 Å². The highest BCUT2D eigenvalue weighted by Gasteiger charge is 2.25. The Morgan fingerprint density at radius 3 is 3.05 bits per heavy atom. The van der Waals surface area contributed by atoms with Crippen LogP contribution in [0, 0.1) is 0 Å². The van der Waals surface area contributed by atoms with Crippen molar-refractivity contribution in [3.63, 3.8) is 0 Å². The molecule has 1 heterocycles. The van der Waals surface area contributed by atoms with Gasteiger partial charge in [-0.15, -0.1) is 6.58 Å². The van der Waals surface area contributed by atoms with Gasteiger partial charge < -0.3 is 5.32 Å². The Morgan fingerprint density at radius 2 is 2.29 bits per heavy atom. The highest BCUT2D eigenvalue weighted by atomic mass is 35.5. The van der Waals surface area contributed by atoms with Gasteiger partial charge in [-0.3, -0.25) is 4.79 Å². The number of fused-ring (bicyclic) bond motifs is 1. The Labute approximate surface area is 128 Å². The predicted molar refractivity (Wildman–Crippen MR) is 85.1 cm³/mol. The Kier molecular flexibility index (Phi) is 3.80. The van der Waals surface area contributed by atoms with E-state index in [2.05, 4.69) is 41.3 Å². The lowest BCUT2D eigenvalue weighted by molar-refractivity contribution is 0.631. The van der Waals surface area contributed by atoms with Gasteiger partial charge in [-0.2, -0.15) is 5.10 Å². The van der Waals surface area contributed by atoms with Crippen LogP contribution in [-0.4, -0.2) is 16.3 Å². The lowest BCUT2D eigenvalue weighted by Gasteiger charge is -2.30. The van der Waals surface area contributed by atoms with E-state index >= 15 is 0 Å². The van der Waals surface area contributed by atoms with Crippen LogP contribution in [0.3, 0.4) is 0 Å². The summed E-state index contributed by atoms with van der Waals surface area (Å²) in [5.41, 5.74) is 3.06. The molecule has 1 N–H and O–H groups in total. The first-order valence-corrected chi connectivity index (χ1v) is 7.26. The largest absolute Gasteiger partial charge is 0.382 e. The first-order chi connectivity index (χ1) is 10.2. The first kappa shape index (κ1) is 13.9. The normalized spacial score (nSPS) is 16.0. The summed E-state index contributed by atoms with van der Waals surface area (Å²) in [6.07, 6.45) is 4.27. The van der Waals surface area contributed by atoms with Crippen molar-refractivity contribution < 1.29 is 0 Å². The Bertz CT molecular complexity index is 739. The van der Waals surface area contributed by atoms with Crippen LogP contribution in [0.25, 0.3) is 0 Å². The van der Waals surface area contributed by atoms with Crippen molar-refractivity contribution in [2.45, 2.75) is 18.9 Å². The molecule has 1 unspecified atom stereocenters. The minimum atomic E-state index is -0.296. The second-order valence-corrected chi connectivity index (χ2v) is 5.51. The van der Waals surface area contributed by atoms with Crippen LogP contribution in [0.1, 0.15) is 17.0 Å². The number of halogens is 1. The molecule has 0 aliphatic heterocycles. The molecule has 0 amide bonds. The molecular weight excluding hydrogens is 286 g/mol. The van der Waals surface area contributed by atoms with Crippen LogP contribution in [0.4, 0.5) is 5.69 Å². The average Bonchev–Trinajstić information content (AvgIpc) is 2.47. The molecule has 21 heavy (non-hydrogen) atoms. The Balaban J connectivity index is 1.71. The van der Waals surface area contributed by atoms with E-state index in [-0.39, 0.29) is 10.6 Å². The van der Waals surface area contributed by atoms with Gasteiger partial charge in [0.05, 0.1) is 18.4 Å². The summed E-state index contributed by atoms with van der Waals surface area (Å²) in [6, 6.07) is 8.41. The van der Waals surface area contributed by atoms with Crippen LogP contribution in [-0.2, 0) is 13.0 Å². The second kappa shape index (κ2) is 5.74. The van der Waals surface area contributed by atoms with E-state index < -0.39 is 0 Å². The molecule has 0 saturated carbocycles. The third-order valence-electron chi connectivity index (χ3n) is 3.79. The molecule has 0 spiro atoms. The van der Waals surface area contributed by atoms with Crippen molar-refractivity contribution in [3.8, 4) is 0 Å². The van der Waals surface area contributed by atoms with Crippen molar-refractivity contribution in [1.82, 2.24) is 9.78 Å². The molecule has 5 heteroatoms. The van der Waals surface area contributed by atoms with Crippen LogP contribution in [0.5, 0.6) is 0 Å². The smallest absolute Gasteiger partial charge is 0.287 e. The van der Waals surface area contributed by atoms with Crippen LogP contribution >= 0.6 is 11.6 Å². The molecule has 4 nitrogen and oxygen atoms in total. The summed E-state index contributed by atoms with van der Waals surface area (Å²) in [6.45, 7) is 4.70. The topological polar surface area (TPSA) is 46.9 Å². The quantitative estimate of drug-likeness (QED) is 0.864. The fourth-order valence-electron chi connectivity index (χ4n) is 2.62. The highest BCUT2D eigenvalue weighted by Crippen LogP contribution is 2.34. The number of rotatable bonds is 5. The Hall–Kier alpha value is -2.07. The number of benzene rings is 1. The summed E-state index contributed by atoms with van der Waals surface area (Å²) < 4.78 is 1.29. The van der Waals surface area contributed by atoms with E-state index in [1.807, 2.05) is 0 Å². The summed E-state index contributed by atoms with van der Waals surface area (Å²) in [5, 5.41) is 7.49. The molecule has 0 saturated heterocycles. The summed E-state index contributed by atoms with van der Waals surface area (Å²) >= 11 is 6.11. The standard InChI is InChI=1S/C16H16ClN3O/c1-2-7-20-16(21)15(17)14(10-19-20)18-9-12-8-11-5-3-4-6-13(11)12/h2-6,10,12,18H,1,7-9H2. The Morgan fingerprint density at radius 1 is 1.48 bits per heavy atom. The number of allylic oxidation sites excluding steroid dienone is 1. The maximum absolute atomic E-state index is 12.0. The second-order valence-electron chi connectivity index (χ2n) is 5.13. The molecule has 108 valence electrons. The van der Waals surface area contributed by atoms with Gasteiger partial charge in [-0.25, -0.2) is 4.68 Å². The van der Waals surface area contributed by atoms with E-state index in [0.29, 0.717) is 18.2 Å². The van der Waals surface area contributed by atoms with E-state index in [1.54, 1.807) is 12.3 Å². The number of hydrogen-bond acceptors (Lipinski definition) is 3. The minimum absolute atomic E-state index is 0.180. The molecule has 0 fully saturated rings. The average molecular weight is 302 g/mol. The zero-order valence-corrected chi connectivity index (χ0v) is 12.3. The molecule has 1 aromatic heterocycles. The van der Waals surface area contributed by atoms with Gasteiger partial charge in [0, 0.05) is 12.5 Å². The van der Waals surface area contributed by atoms with Crippen molar-refractivity contribution in [2.75, 3.05) is 11.9 Å². The van der Waals surface area contributed by atoms with E-state index in [9.17, 15) is 4.79 Å². The summed E-state index contributed by atoms with van der Waals surface area (Å²) in [5.74, 6) is 0.466. The summed E-state index contributed by atoms with van der Waals surface area (Å²) in [7, 11) is 0. The van der Waals surface area contributed by atoms with Gasteiger partial charge in [0.25, 0.3) is 5.56 Å². The molecular formula is C16H16ClN3O. The highest BCUT2D eigenvalue weighted by molar-refractivity contribution is 6.32. The maximum Gasteiger partial charge on any atom is 0.287 e. The molecule has 2 aromatic rings. The van der Waals surface area contributed by atoms with Gasteiger partial charge in [0.15, 0.2) is 0 Å². The van der Waals surface area contributed by atoms with Gasteiger partial charge in [0.2, 0.25) is 0 Å². The number of hydrogen-bond donors (Lipinski definition) is 1. The van der Waals surface area contributed by atoms with E-state index in [1.165, 1.54) is 15.8 Å². The molecule has 1 aliphatic carbocycles. The number of aromatic nitrogens is 2. The predicted octanol–water partition coefficient (Wildman–Crippen LogP) is 2.83. The zero-order valence-electron chi connectivity index (χ0n) is 11.6. The summed E-state index contributed by atoms with van der Waals surface area (Å²) in [4.78, 5) is 12.0. The monoisotopic (exact) mass is 301 g/mol. The number of nitrogens with one attached hydrogen (secondary N) is 1. The van der Waals surface area contributed by atoms with Crippen LogP contribution in [0.15, 0.2) is 47.9 Å². The van der Waals surface area contributed by atoms with E-state index in [4.69, 9.17) is 11.6 Å². The van der Waals surface area contributed by atoms with Gasteiger partial charge in [-0.1, -0.05) is 41.9 Å². The first-order valence-electron chi connectivity index (χ1n) is 6.89. The number of nitrogens with zero attached hydrogens (tertiary/aromatic N) is 2. The molecule has 1 aromatic carbocycles. The lowest BCUT2D eigenvalue weighted by atomic mass is 9.77. The third-order valence-corrected chi connectivity index (χ3v) is 4.15. The lowest BCUT2D eigenvalue weighted by Crippen LogP contribution is -2.27. The molecule has 0 bridgehead atoms. The molecule has 3 rings (SSSR count). The molecule has 1 atom stereocenters. The van der Waals surface area contributed by atoms with Crippen LogP contribution in [0.2, 0.25) is 5.02 Å². The molecule has 1 aliphatic rings. The van der Waals surface area contributed by atoms with Gasteiger partial charge in [0.1, 0.15) is 5.02 Å². The zero-order chi connectivity index (χ0) is 14.8.